The van der Waals surface area contributed by atoms with Crippen molar-refractivity contribution in [3.8, 4) is 0 Å². The van der Waals surface area contributed by atoms with Crippen LogP contribution in [-0.2, 0) is 6.54 Å². The summed E-state index contributed by atoms with van der Waals surface area (Å²) in [7, 11) is 0. The van der Waals surface area contributed by atoms with Crippen LogP contribution in [0.5, 0.6) is 0 Å². The molecular formula is C13H21N. The Morgan fingerprint density at radius 3 is 1.93 bits per heavy atom. The molecule has 0 amide bonds. The van der Waals surface area contributed by atoms with Crippen molar-refractivity contribution in [2.45, 2.75) is 41.2 Å². The maximum absolute atomic E-state index is 3.40. The summed E-state index contributed by atoms with van der Waals surface area (Å²) >= 11 is 0. The van der Waals surface area contributed by atoms with E-state index in [1.807, 2.05) is 0 Å². The number of nitrogens with one attached hydrogen (secondary N) is 1. The summed E-state index contributed by atoms with van der Waals surface area (Å²) in [5, 5.41) is 3.40. The Morgan fingerprint density at radius 2 is 1.50 bits per heavy atom. The molecule has 1 aromatic rings. The third-order valence-corrected chi connectivity index (χ3v) is 3.07. The predicted molar refractivity (Wildman–Crippen MR) is 62.8 cm³/mol. The normalized spacial score (nSPS) is 10.6. The van der Waals surface area contributed by atoms with Gasteiger partial charge in [-0.05, 0) is 62.1 Å². The fourth-order valence-electron chi connectivity index (χ4n) is 1.81. The number of aryl methyl sites for hydroxylation is 2. The smallest absolute Gasteiger partial charge is 0.0210 e. The molecular weight excluding hydrogens is 170 g/mol. The Bertz CT molecular complexity index is 300. The van der Waals surface area contributed by atoms with Gasteiger partial charge in [-0.1, -0.05) is 13.0 Å². The van der Waals surface area contributed by atoms with Crippen molar-refractivity contribution in [3.63, 3.8) is 0 Å². The number of benzene rings is 1. The van der Waals surface area contributed by atoms with Crippen LogP contribution in [-0.4, -0.2) is 6.54 Å². The summed E-state index contributed by atoms with van der Waals surface area (Å²) in [5.41, 5.74) is 7.16. The highest BCUT2D eigenvalue weighted by atomic mass is 14.8. The van der Waals surface area contributed by atoms with Gasteiger partial charge in [0.1, 0.15) is 0 Å². The van der Waals surface area contributed by atoms with Crippen molar-refractivity contribution < 1.29 is 0 Å². The Labute approximate surface area is 87.5 Å². The molecule has 0 spiro atoms. The summed E-state index contributed by atoms with van der Waals surface area (Å²) in [6, 6.07) is 2.28. The topological polar surface area (TPSA) is 12.0 Å². The highest BCUT2D eigenvalue weighted by Gasteiger charge is 2.06. The molecule has 0 aliphatic carbocycles. The van der Waals surface area contributed by atoms with Crippen LogP contribution >= 0.6 is 0 Å². The van der Waals surface area contributed by atoms with E-state index in [0.717, 1.165) is 13.1 Å². The molecule has 0 atom stereocenters. The third-order valence-electron chi connectivity index (χ3n) is 3.07. The van der Waals surface area contributed by atoms with Crippen LogP contribution in [0.1, 0.15) is 34.7 Å². The lowest BCUT2D eigenvalue weighted by atomic mass is 9.94. The van der Waals surface area contributed by atoms with Crippen LogP contribution in [0.3, 0.4) is 0 Å². The van der Waals surface area contributed by atoms with Crippen molar-refractivity contribution in [3.05, 3.63) is 33.9 Å². The molecule has 1 rings (SSSR count). The van der Waals surface area contributed by atoms with Gasteiger partial charge >= 0.3 is 0 Å². The maximum atomic E-state index is 3.40. The minimum atomic E-state index is 0.997. The first-order valence-electron chi connectivity index (χ1n) is 5.35. The van der Waals surface area contributed by atoms with Crippen molar-refractivity contribution in [2.24, 2.45) is 0 Å². The second kappa shape index (κ2) is 4.61. The minimum Gasteiger partial charge on any atom is -0.313 e. The molecule has 1 aromatic carbocycles. The van der Waals surface area contributed by atoms with E-state index < -0.39 is 0 Å². The van der Waals surface area contributed by atoms with E-state index in [1.165, 1.54) is 27.8 Å². The molecule has 0 saturated carbocycles. The molecule has 14 heavy (non-hydrogen) atoms. The Kier molecular flexibility index (Phi) is 3.70. The second-order valence-corrected chi connectivity index (χ2v) is 4.02. The number of hydrogen-bond acceptors (Lipinski definition) is 1. The molecule has 0 fully saturated rings. The van der Waals surface area contributed by atoms with Crippen molar-refractivity contribution >= 4 is 0 Å². The zero-order valence-corrected chi connectivity index (χ0v) is 9.99. The van der Waals surface area contributed by atoms with Gasteiger partial charge in [-0.15, -0.1) is 0 Å². The summed E-state index contributed by atoms with van der Waals surface area (Å²) in [6.07, 6.45) is 0. The fourth-order valence-corrected chi connectivity index (χ4v) is 1.81. The van der Waals surface area contributed by atoms with Gasteiger partial charge in [0.25, 0.3) is 0 Å². The molecule has 0 aliphatic heterocycles. The Morgan fingerprint density at radius 1 is 1.00 bits per heavy atom. The van der Waals surface area contributed by atoms with Gasteiger partial charge in [-0.2, -0.15) is 0 Å². The summed E-state index contributed by atoms with van der Waals surface area (Å²) < 4.78 is 0. The van der Waals surface area contributed by atoms with Gasteiger partial charge in [0.15, 0.2) is 0 Å². The van der Waals surface area contributed by atoms with Gasteiger partial charge in [0.05, 0.1) is 0 Å². The van der Waals surface area contributed by atoms with E-state index in [4.69, 9.17) is 0 Å². The average molecular weight is 191 g/mol. The second-order valence-electron chi connectivity index (χ2n) is 4.02. The van der Waals surface area contributed by atoms with Gasteiger partial charge in [0, 0.05) is 6.54 Å². The quantitative estimate of drug-likeness (QED) is 0.774. The van der Waals surface area contributed by atoms with E-state index >= 15 is 0 Å². The molecule has 0 aliphatic rings. The first-order chi connectivity index (χ1) is 6.57. The molecule has 78 valence electrons. The molecule has 0 aromatic heterocycles. The van der Waals surface area contributed by atoms with Gasteiger partial charge in [-0.25, -0.2) is 0 Å². The summed E-state index contributed by atoms with van der Waals surface area (Å²) in [5.74, 6) is 0. The van der Waals surface area contributed by atoms with E-state index in [0.29, 0.717) is 0 Å². The summed E-state index contributed by atoms with van der Waals surface area (Å²) in [4.78, 5) is 0. The molecule has 0 radical (unpaired) electrons. The minimum absolute atomic E-state index is 0.997. The molecule has 0 bridgehead atoms. The molecule has 0 saturated heterocycles. The largest absolute Gasteiger partial charge is 0.313 e. The van der Waals surface area contributed by atoms with Crippen molar-refractivity contribution in [1.29, 1.82) is 0 Å². The van der Waals surface area contributed by atoms with E-state index in [1.54, 1.807) is 0 Å². The third kappa shape index (κ3) is 2.16. The first kappa shape index (κ1) is 11.3. The van der Waals surface area contributed by atoms with Crippen LogP contribution in [0.25, 0.3) is 0 Å². The number of rotatable bonds is 3. The highest BCUT2D eigenvalue weighted by molar-refractivity contribution is 5.43. The first-order valence-corrected chi connectivity index (χ1v) is 5.35. The van der Waals surface area contributed by atoms with Crippen LogP contribution in [0.15, 0.2) is 6.07 Å². The highest BCUT2D eigenvalue weighted by Crippen LogP contribution is 2.21. The SMILES string of the molecule is CCNCc1c(C)c(C)cc(C)c1C. The average Bonchev–Trinajstić information content (AvgIpc) is 2.15. The van der Waals surface area contributed by atoms with Gasteiger partial charge in [0.2, 0.25) is 0 Å². The molecule has 1 nitrogen and oxygen atoms in total. The van der Waals surface area contributed by atoms with E-state index in [2.05, 4.69) is 46.0 Å². The number of hydrogen-bond donors (Lipinski definition) is 1. The monoisotopic (exact) mass is 191 g/mol. The summed E-state index contributed by atoms with van der Waals surface area (Å²) in [6.45, 7) is 13.0. The van der Waals surface area contributed by atoms with Crippen LogP contribution in [0.2, 0.25) is 0 Å². The lowest BCUT2D eigenvalue weighted by Gasteiger charge is -2.15. The fraction of sp³-hybridized carbons (Fsp3) is 0.538. The van der Waals surface area contributed by atoms with Crippen LogP contribution in [0, 0.1) is 27.7 Å². The Balaban J connectivity index is 3.11. The Hall–Kier alpha value is -0.820. The molecule has 0 unspecified atom stereocenters. The molecule has 1 N–H and O–H groups in total. The standard InChI is InChI=1S/C13H21N/c1-6-14-8-13-11(4)9(2)7-10(3)12(13)5/h7,14H,6,8H2,1-5H3. The van der Waals surface area contributed by atoms with Crippen LogP contribution in [0.4, 0.5) is 0 Å². The van der Waals surface area contributed by atoms with E-state index in [9.17, 15) is 0 Å². The van der Waals surface area contributed by atoms with Gasteiger partial charge < -0.3 is 5.32 Å². The zero-order chi connectivity index (χ0) is 10.7. The predicted octanol–water partition coefficient (Wildman–Crippen LogP) is 3.03. The zero-order valence-electron chi connectivity index (χ0n) is 9.99. The van der Waals surface area contributed by atoms with Crippen molar-refractivity contribution in [1.82, 2.24) is 5.32 Å². The van der Waals surface area contributed by atoms with E-state index in [-0.39, 0.29) is 0 Å². The maximum Gasteiger partial charge on any atom is 0.0210 e. The molecule has 0 heterocycles. The molecule has 1 heteroatoms. The van der Waals surface area contributed by atoms with Crippen LogP contribution < -0.4 is 5.32 Å². The lowest BCUT2D eigenvalue weighted by Crippen LogP contribution is -2.14. The van der Waals surface area contributed by atoms with Gasteiger partial charge in [-0.3, -0.25) is 0 Å². The lowest BCUT2D eigenvalue weighted by molar-refractivity contribution is 0.718. The van der Waals surface area contributed by atoms with Crippen molar-refractivity contribution in [2.75, 3.05) is 6.54 Å².